The Kier molecular flexibility index (Phi) is 5.20. The maximum Gasteiger partial charge on any atom is 0.220 e. The molecule has 1 amide bonds. The largest absolute Gasteiger partial charge is 0.361 e. The van der Waals surface area contributed by atoms with Crippen LogP contribution in [0.4, 0.5) is 0 Å². The first-order valence-electron chi connectivity index (χ1n) is 8.15. The van der Waals surface area contributed by atoms with E-state index in [1.54, 1.807) is 0 Å². The van der Waals surface area contributed by atoms with E-state index >= 15 is 0 Å². The van der Waals surface area contributed by atoms with Crippen LogP contribution in [0, 0.1) is 6.92 Å². The minimum Gasteiger partial charge on any atom is -0.361 e. The van der Waals surface area contributed by atoms with Crippen LogP contribution in [0.2, 0.25) is 5.02 Å². The maximum atomic E-state index is 12.0. The van der Waals surface area contributed by atoms with Gasteiger partial charge in [0.15, 0.2) is 0 Å². The molecule has 2 aromatic heterocycles. The maximum absolute atomic E-state index is 12.0. The summed E-state index contributed by atoms with van der Waals surface area (Å²) in [5.41, 5.74) is 3.13. The van der Waals surface area contributed by atoms with Crippen LogP contribution in [0.25, 0.3) is 10.9 Å². The average molecular weight is 345 g/mol. The Balaban J connectivity index is 1.40. The third-order valence-electron chi connectivity index (χ3n) is 4.07. The predicted molar refractivity (Wildman–Crippen MR) is 96.2 cm³/mol. The normalized spacial score (nSPS) is 11.1. The average Bonchev–Trinajstić information content (AvgIpc) is 3.13. The summed E-state index contributed by atoms with van der Waals surface area (Å²) >= 11 is 5.97. The van der Waals surface area contributed by atoms with Crippen molar-refractivity contribution >= 4 is 28.4 Å². The summed E-state index contributed by atoms with van der Waals surface area (Å²) in [6.07, 6.45) is 5.87. The van der Waals surface area contributed by atoms with Crippen molar-refractivity contribution in [1.82, 2.24) is 20.1 Å². The fraction of sp³-hybridized carbons (Fsp3) is 0.333. The van der Waals surface area contributed by atoms with E-state index in [0.29, 0.717) is 18.0 Å². The van der Waals surface area contributed by atoms with Crippen LogP contribution in [-0.2, 0) is 17.8 Å². The second kappa shape index (κ2) is 7.53. The number of nitrogens with zero attached hydrogens (tertiary/aromatic N) is 2. The number of fused-ring (bicyclic) bond motifs is 1. The summed E-state index contributed by atoms with van der Waals surface area (Å²) in [5, 5.41) is 9.13. The van der Waals surface area contributed by atoms with Gasteiger partial charge in [0.25, 0.3) is 0 Å². The molecule has 24 heavy (non-hydrogen) atoms. The van der Waals surface area contributed by atoms with Crippen molar-refractivity contribution in [3.8, 4) is 0 Å². The number of aromatic nitrogens is 3. The van der Waals surface area contributed by atoms with Gasteiger partial charge < -0.3 is 10.3 Å². The van der Waals surface area contributed by atoms with E-state index in [9.17, 15) is 4.79 Å². The molecule has 0 fully saturated rings. The first-order valence-corrected chi connectivity index (χ1v) is 8.52. The molecule has 3 rings (SSSR count). The first-order chi connectivity index (χ1) is 11.6. The van der Waals surface area contributed by atoms with E-state index in [4.69, 9.17) is 11.6 Å². The zero-order chi connectivity index (χ0) is 16.9. The Morgan fingerprint density at radius 2 is 2.21 bits per heavy atom. The van der Waals surface area contributed by atoms with Crippen LogP contribution in [0.5, 0.6) is 0 Å². The lowest BCUT2D eigenvalue weighted by molar-refractivity contribution is -0.121. The monoisotopic (exact) mass is 344 g/mol. The molecule has 0 atom stereocenters. The van der Waals surface area contributed by atoms with Gasteiger partial charge in [0.2, 0.25) is 5.91 Å². The summed E-state index contributed by atoms with van der Waals surface area (Å²) in [5.74, 6) is 0.0787. The lowest BCUT2D eigenvalue weighted by Crippen LogP contribution is -2.25. The van der Waals surface area contributed by atoms with Gasteiger partial charge in [0.1, 0.15) is 0 Å². The highest BCUT2D eigenvalue weighted by molar-refractivity contribution is 6.31. The molecular weight excluding hydrogens is 324 g/mol. The number of hydrogen-bond donors (Lipinski definition) is 2. The van der Waals surface area contributed by atoms with Gasteiger partial charge in [-0.1, -0.05) is 29.8 Å². The number of carbonyl (C=O) groups is 1. The molecule has 0 saturated carbocycles. The Labute approximate surface area is 146 Å². The Morgan fingerprint density at radius 1 is 1.38 bits per heavy atom. The van der Waals surface area contributed by atoms with Crippen LogP contribution >= 0.6 is 11.6 Å². The SMILES string of the molecule is Cc1nn(CCCNC(=O)CCc2c[nH]c3ccccc23)cc1Cl. The first kappa shape index (κ1) is 16.6. The van der Waals surface area contributed by atoms with Crippen molar-refractivity contribution in [2.24, 2.45) is 0 Å². The van der Waals surface area contributed by atoms with Crippen molar-refractivity contribution in [2.75, 3.05) is 6.54 Å². The number of H-pyrrole nitrogens is 1. The van der Waals surface area contributed by atoms with E-state index in [2.05, 4.69) is 21.5 Å². The van der Waals surface area contributed by atoms with Crippen molar-refractivity contribution in [2.45, 2.75) is 32.7 Å². The quantitative estimate of drug-likeness (QED) is 0.645. The highest BCUT2D eigenvalue weighted by Crippen LogP contribution is 2.18. The van der Waals surface area contributed by atoms with Crippen LogP contribution in [-0.4, -0.2) is 27.2 Å². The Morgan fingerprint density at radius 3 is 3.00 bits per heavy atom. The number of aryl methyl sites for hydroxylation is 3. The molecule has 0 radical (unpaired) electrons. The summed E-state index contributed by atoms with van der Waals surface area (Å²) < 4.78 is 1.82. The highest BCUT2D eigenvalue weighted by Gasteiger charge is 2.07. The minimum absolute atomic E-state index is 0.0787. The molecule has 0 saturated heterocycles. The predicted octanol–water partition coefficient (Wildman–Crippen LogP) is 3.47. The molecule has 2 N–H and O–H groups in total. The summed E-state index contributed by atoms with van der Waals surface area (Å²) in [4.78, 5) is 15.2. The second-order valence-electron chi connectivity index (χ2n) is 5.89. The molecule has 6 heteroatoms. The van der Waals surface area contributed by atoms with Gasteiger partial charge in [-0.25, -0.2) is 0 Å². The van der Waals surface area contributed by atoms with Gasteiger partial charge in [-0.3, -0.25) is 9.48 Å². The highest BCUT2D eigenvalue weighted by atomic mass is 35.5. The molecule has 5 nitrogen and oxygen atoms in total. The van der Waals surface area contributed by atoms with Gasteiger partial charge in [-0.2, -0.15) is 5.10 Å². The number of benzene rings is 1. The topological polar surface area (TPSA) is 62.7 Å². The summed E-state index contributed by atoms with van der Waals surface area (Å²) in [6, 6.07) is 8.14. The second-order valence-corrected chi connectivity index (χ2v) is 6.30. The molecule has 1 aromatic carbocycles. The molecule has 0 spiro atoms. The number of aromatic amines is 1. The van der Waals surface area contributed by atoms with Gasteiger partial charge in [-0.05, 0) is 31.4 Å². The molecule has 2 heterocycles. The fourth-order valence-electron chi connectivity index (χ4n) is 2.75. The van der Waals surface area contributed by atoms with Crippen molar-refractivity contribution < 1.29 is 4.79 Å². The van der Waals surface area contributed by atoms with Crippen LogP contribution in [0.15, 0.2) is 36.7 Å². The van der Waals surface area contributed by atoms with Crippen molar-refractivity contribution in [1.29, 1.82) is 0 Å². The van der Waals surface area contributed by atoms with E-state index in [1.807, 2.05) is 42.2 Å². The molecule has 0 unspecified atom stereocenters. The number of halogens is 1. The van der Waals surface area contributed by atoms with Crippen LogP contribution < -0.4 is 5.32 Å². The fourth-order valence-corrected chi connectivity index (χ4v) is 2.90. The zero-order valence-electron chi connectivity index (χ0n) is 13.7. The number of carbonyl (C=O) groups excluding carboxylic acids is 1. The van der Waals surface area contributed by atoms with Crippen LogP contribution in [0.1, 0.15) is 24.1 Å². The zero-order valence-corrected chi connectivity index (χ0v) is 14.4. The van der Waals surface area contributed by atoms with Gasteiger partial charge in [0.05, 0.1) is 10.7 Å². The standard InChI is InChI=1S/C18H21ClN4O/c1-13-16(19)12-23(22-13)10-4-9-20-18(24)8-7-14-11-21-17-6-3-2-5-15(14)17/h2-3,5-6,11-12,21H,4,7-10H2,1H3,(H,20,24). The minimum atomic E-state index is 0.0787. The third-order valence-corrected chi connectivity index (χ3v) is 4.44. The lowest BCUT2D eigenvalue weighted by atomic mass is 10.1. The molecule has 3 aromatic rings. The van der Waals surface area contributed by atoms with Crippen molar-refractivity contribution in [3.05, 3.63) is 52.9 Å². The molecule has 126 valence electrons. The summed E-state index contributed by atoms with van der Waals surface area (Å²) in [7, 11) is 0. The molecule has 0 aliphatic carbocycles. The number of nitrogens with one attached hydrogen (secondary N) is 2. The van der Waals surface area contributed by atoms with Gasteiger partial charge in [-0.15, -0.1) is 0 Å². The van der Waals surface area contributed by atoms with E-state index in [1.165, 1.54) is 10.9 Å². The van der Waals surface area contributed by atoms with E-state index in [-0.39, 0.29) is 5.91 Å². The Bertz CT molecular complexity index is 817. The van der Waals surface area contributed by atoms with Gasteiger partial charge >= 0.3 is 0 Å². The van der Waals surface area contributed by atoms with Crippen LogP contribution in [0.3, 0.4) is 0 Å². The Hall–Kier alpha value is -2.27. The number of amides is 1. The molecule has 0 aliphatic rings. The number of hydrogen-bond acceptors (Lipinski definition) is 2. The lowest BCUT2D eigenvalue weighted by Gasteiger charge is -2.05. The number of para-hydroxylation sites is 1. The smallest absolute Gasteiger partial charge is 0.220 e. The molecular formula is C18H21ClN4O. The molecule has 0 aliphatic heterocycles. The van der Waals surface area contributed by atoms with E-state index < -0.39 is 0 Å². The van der Waals surface area contributed by atoms with E-state index in [0.717, 1.165) is 30.6 Å². The summed E-state index contributed by atoms with van der Waals surface area (Å²) in [6.45, 7) is 3.27. The van der Waals surface area contributed by atoms with Crippen molar-refractivity contribution in [3.63, 3.8) is 0 Å². The number of rotatable bonds is 7. The molecule has 0 bridgehead atoms. The third kappa shape index (κ3) is 3.97. The van der Waals surface area contributed by atoms with Gasteiger partial charge in [0, 0.05) is 42.8 Å².